The Labute approximate surface area is 161 Å². The zero-order chi connectivity index (χ0) is 20.6. The van der Waals surface area contributed by atoms with Crippen LogP contribution in [0, 0.1) is 24.0 Å². The van der Waals surface area contributed by atoms with E-state index in [0.717, 1.165) is 33.7 Å². The Hall–Kier alpha value is -3.55. The molecule has 0 fully saturated rings. The van der Waals surface area contributed by atoms with Gasteiger partial charge in [0.15, 0.2) is 0 Å². The van der Waals surface area contributed by atoms with Crippen LogP contribution in [0.5, 0.6) is 0 Å². The number of nitro groups is 1. The van der Waals surface area contributed by atoms with E-state index in [1.807, 2.05) is 39.0 Å². The Bertz CT molecular complexity index is 1010. The summed E-state index contributed by atoms with van der Waals surface area (Å²) in [6.07, 6.45) is 0. The molecular formula is C20H19N3O5. The van der Waals surface area contributed by atoms with Crippen molar-refractivity contribution in [1.82, 2.24) is 10.2 Å². The maximum atomic E-state index is 12.5. The van der Waals surface area contributed by atoms with Crippen molar-refractivity contribution in [2.24, 2.45) is 0 Å². The minimum Gasteiger partial charge on any atom is -0.348 e. The molecule has 1 aliphatic rings. The minimum absolute atomic E-state index is 0.0607. The molecule has 3 amide bonds. The van der Waals surface area contributed by atoms with Gasteiger partial charge in [-0.25, -0.2) is 0 Å². The molecule has 28 heavy (non-hydrogen) atoms. The van der Waals surface area contributed by atoms with Crippen molar-refractivity contribution in [3.63, 3.8) is 0 Å². The van der Waals surface area contributed by atoms with Crippen molar-refractivity contribution in [2.45, 2.75) is 26.8 Å². The Morgan fingerprint density at radius 2 is 1.75 bits per heavy atom. The Balaban J connectivity index is 1.72. The highest BCUT2D eigenvalue weighted by Crippen LogP contribution is 2.26. The van der Waals surface area contributed by atoms with E-state index >= 15 is 0 Å². The lowest BCUT2D eigenvalue weighted by Crippen LogP contribution is -2.41. The Morgan fingerprint density at radius 3 is 2.39 bits per heavy atom. The molecule has 0 saturated carbocycles. The van der Waals surface area contributed by atoms with Gasteiger partial charge >= 0.3 is 0 Å². The van der Waals surface area contributed by atoms with Gasteiger partial charge in [-0.3, -0.25) is 29.4 Å². The van der Waals surface area contributed by atoms with Crippen molar-refractivity contribution in [3.8, 4) is 0 Å². The summed E-state index contributed by atoms with van der Waals surface area (Å²) in [6, 6.07) is 9.01. The van der Waals surface area contributed by atoms with Crippen molar-refractivity contribution in [2.75, 3.05) is 6.54 Å². The molecule has 0 spiro atoms. The van der Waals surface area contributed by atoms with Crippen molar-refractivity contribution in [3.05, 3.63) is 74.3 Å². The van der Waals surface area contributed by atoms with Gasteiger partial charge in [0.25, 0.3) is 17.5 Å². The molecule has 2 aromatic rings. The van der Waals surface area contributed by atoms with E-state index in [0.29, 0.717) is 0 Å². The average Bonchev–Trinajstić information content (AvgIpc) is 2.88. The van der Waals surface area contributed by atoms with Crippen LogP contribution in [-0.4, -0.2) is 34.1 Å². The van der Waals surface area contributed by atoms with Gasteiger partial charge in [0.2, 0.25) is 5.91 Å². The molecular weight excluding hydrogens is 362 g/mol. The molecule has 3 rings (SSSR count). The lowest BCUT2D eigenvalue weighted by Gasteiger charge is -2.18. The summed E-state index contributed by atoms with van der Waals surface area (Å²) in [4.78, 5) is 48.3. The van der Waals surface area contributed by atoms with E-state index in [-0.39, 0.29) is 22.9 Å². The van der Waals surface area contributed by atoms with Gasteiger partial charge in [-0.05, 0) is 43.5 Å². The number of hydrogen-bond donors (Lipinski definition) is 1. The standard InChI is InChI=1S/C20H19N3O5/c1-11-4-5-14(8-12(11)2)13(3)21-18(24)10-22-19(25)16-7-6-15(23(27)28)9-17(16)20(22)26/h4-9,13H,10H2,1-3H3,(H,21,24). The van der Waals surface area contributed by atoms with Crippen LogP contribution in [0.4, 0.5) is 5.69 Å². The van der Waals surface area contributed by atoms with Gasteiger partial charge in [0, 0.05) is 12.1 Å². The third kappa shape index (κ3) is 3.48. The van der Waals surface area contributed by atoms with Crippen LogP contribution in [0.3, 0.4) is 0 Å². The number of aryl methyl sites for hydroxylation is 2. The summed E-state index contributed by atoms with van der Waals surface area (Å²) < 4.78 is 0. The van der Waals surface area contributed by atoms with E-state index < -0.39 is 29.2 Å². The number of nitrogens with one attached hydrogen (secondary N) is 1. The first-order chi connectivity index (χ1) is 13.2. The maximum absolute atomic E-state index is 12.5. The molecule has 1 unspecified atom stereocenters. The lowest BCUT2D eigenvalue weighted by molar-refractivity contribution is -0.384. The molecule has 1 atom stereocenters. The van der Waals surface area contributed by atoms with E-state index in [4.69, 9.17) is 0 Å². The fraction of sp³-hybridized carbons (Fsp3) is 0.250. The van der Waals surface area contributed by atoms with Gasteiger partial charge in [-0.15, -0.1) is 0 Å². The lowest BCUT2D eigenvalue weighted by atomic mass is 10.0. The van der Waals surface area contributed by atoms with Crippen LogP contribution in [0.2, 0.25) is 0 Å². The second-order valence-corrected chi connectivity index (χ2v) is 6.82. The molecule has 0 aromatic heterocycles. The quantitative estimate of drug-likeness (QED) is 0.486. The molecule has 0 saturated heterocycles. The average molecular weight is 381 g/mol. The van der Waals surface area contributed by atoms with Crippen LogP contribution in [-0.2, 0) is 4.79 Å². The Morgan fingerprint density at radius 1 is 1.07 bits per heavy atom. The van der Waals surface area contributed by atoms with Gasteiger partial charge < -0.3 is 5.32 Å². The van der Waals surface area contributed by atoms with E-state index in [1.165, 1.54) is 6.07 Å². The molecule has 8 heteroatoms. The number of carbonyl (C=O) groups is 3. The number of benzene rings is 2. The highest BCUT2D eigenvalue weighted by Gasteiger charge is 2.37. The number of amides is 3. The molecule has 2 aromatic carbocycles. The van der Waals surface area contributed by atoms with Crippen molar-refractivity contribution < 1.29 is 19.3 Å². The van der Waals surface area contributed by atoms with Gasteiger partial charge in [0.05, 0.1) is 22.1 Å². The number of fused-ring (bicyclic) bond motifs is 1. The second-order valence-electron chi connectivity index (χ2n) is 6.82. The number of non-ortho nitro benzene ring substituents is 1. The van der Waals surface area contributed by atoms with E-state index in [1.54, 1.807) is 0 Å². The molecule has 1 aliphatic heterocycles. The van der Waals surface area contributed by atoms with Crippen LogP contribution in [0.1, 0.15) is 50.4 Å². The number of nitro benzene ring substituents is 1. The zero-order valence-corrected chi connectivity index (χ0v) is 15.7. The Kier molecular flexibility index (Phi) is 4.96. The molecule has 144 valence electrons. The van der Waals surface area contributed by atoms with Crippen LogP contribution >= 0.6 is 0 Å². The fourth-order valence-corrected chi connectivity index (χ4v) is 3.08. The number of hydrogen-bond acceptors (Lipinski definition) is 5. The highest BCUT2D eigenvalue weighted by molar-refractivity contribution is 6.22. The summed E-state index contributed by atoms with van der Waals surface area (Å²) in [5, 5.41) is 13.7. The van der Waals surface area contributed by atoms with Gasteiger partial charge in [-0.1, -0.05) is 18.2 Å². The molecule has 0 bridgehead atoms. The molecule has 1 N–H and O–H groups in total. The zero-order valence-electron chi connectivity index (χ0n) is 15.7. The molecule has 8 nitrogen and oxygen atoms in total. The number of imide groups is 1. The molecule has 0 aliphatic carbocycles. The van der Waals surface area contributed by atoms with Gasteiger partial charge in [0.1, 0.15) is 6.54 Å². The number of nitrogens with zero attached hydrogens (tertiary/aromatic N) is 2. The van der Waals surface area contributed by atoms with Crippen molar-refractivity contribution in [1.29, 1.82) is 0 Å². The number of carbonyl (C=O) groups excluding carboxylic acids is 3. The predicted octanol–water partition coefficient (Wildman–Crippen LogP) is 2.69. The highest BCUT2D eigenvalue weighted by atomic mass is 16.6. The van der Waals surface area contributed by atoms with E-state index in [2.05, 4.69) is 5.32 Å². The largest absolute Gasteiger partial charge is 0.348 e. The maximum Gasteiger partial charge on any atom is 0.270 e. The fourth-order valence-electron chi connectivity index (χ4n) is 3.08. The smallest absolute Gasteiger partial charge is 0.270 e. The summed E-state index contributed by atoms with van der Waals surface area (Å²) in [5.41, 5.74) is 2.87. The molecule has 1 heterocycles. The topological polar surface area (TPSA) is 110 Å². The third-order valence-corrected chi connectivity index (χ3v) is 4.88. The summed E-state index contributed by atoms with van der Waals surface area (Å²) in [7, 11) is 0. The van der Waals surface area contributed by atoms with Crippen LogP contribution in [0.25, 0.3) is 0 Å². The summed E-state index contributed by atoms with van der Waals surface area (Å²) in [6.45, 7) is 5.34. The monoisotopic (exact) mass is 381 g/mol. The van der Waals surface area contributed by atoms with E-state index in [9.17, 15) is 24.5 Å². The summed E-state index contributed by atoms with van der Waals surface area (Å²) in [5.74, 6) is -1.84. The molecule has 0 radical (unpaired) electrons. The van der Waals surface area contributed by atoms with Crippen LogP contribution in [0.15, 0.2) is 36.4 Å². The number of rotatable bonds is 5. The minimum atomic E-state index is -0.710. The van der Waals surface area contributed by atoms with Crippen molar-refractivity contribution >= 4 is 23.4 Å². The first-order valence-corrected chi connectivity index (χ1v) is 8.70. The normalized spacial score (nSPS) is 14.0. The van der Waals surface area contributed by atoms with Gasteiger partial charge in [-0.2, -0.15) is 0 Å². The first-order valence-electron chi connectivity index (χ1n) is 8.70. The third-order valence-electron chi connectivity index (χ3n) is 4.88. The predicted molar refractivity (Wildman–Crippen MR) is 101 cm³/mol. The SMILES string of the molecule is Cc1ccc(C(C)NC(=O)CN2C(=O)c3ccc([N+](=O)[O-])cc3C2=O)cc1C. The summed E-state index contributed by atoms with van der Waals surface area (Å²) >= 11 is 0. The second kappa shape index (κ2) is 7.22. The van der Waals surface area contributed by atoms with Crippen LogP contribution < -0.4 is 5.32 Å². The first kappa shape index (κ1) is 19.2.